The molecule has 1 saturated heterocycles. The number of fused-ring (bicyclic) bond motifs is 1. The van der Waals surface area contributed by atoms with Crippen molar-refractivity contribution >= 4 is 44.9 Å². The number of rotatable bonds is 8. The van der Waals surface area contributed by atoms with Crippen molar-refractivity contribution < 1.29 is 9.53 Å². The second-order valence-corrected chi connectivity index (χ2v) is 7.45. The lowest BCUT2D eigenvalue weighted by atomic mass is 10.00. The Labute approximate surface area is 166 Å². The van der Waals surface area contributed by atoms with Gasteiger partial charge in [0.15, 0.2) is 0 Å². The highest BCUT2D eigenvalue weighted by Crippen LogP contribution is 2.29. The molecule has 0 aliphatic carbocycles. The number of carbonyl (C=O) groups is 1. The summed E-state index contributed by atoms with van der Waals surface area (Å²) in [6, 6.07) is 1.97. The first-order valence-corrected chi connectivity index (χ1v) is 9.73. The molecule has 0 unspecified atom stereocenters. The molecule has 4 heterocycles. The van der Waals surface area contributed by atoms with Gasteiger partial charge in [0.1, 0.15) is 12.5 Å². The molecule has 0 atom stereocenters. The van der Waals surface area contributed by atoms with Crippen molar-refractivity contribution in [1.82, 2.24) is 24.6 Å². The van der Waals surface area contributed by atoms with Gasteiger partial charge < -0.3 is 20.3 Å². The number of hydrogen-bond acceptors (Lipinski definition) is 8. The van der Waals surface area contributed by atoms with Gasteiger partial charge in [-0.3, -0.25) is 4.79 Å². The number of likely N-dealkylation sites (tertiary alicyclic amines) is 1. The fourth-order valence-corrected chi connectivity index (χ4v) is 3.85. The lowest BCUT2D eigenvalue weighted by Gasteiger charge is -2.38. The second kappa shape index (κ2) is 7.95. The Kier molecular flexibility index (Phi) is 5.22. The van der Waals surface area contributed by atoms with E-state index in [0.717, 1.165) is 41.4 Å². The smallest absolute Gasteiger partial charge is 0.245 e. The van der Waals surface area contributed by atoms with Crippen LogP contribution >= 0.6 is 11.3 Å². The highest BCUT2D eigenvalue weighted by molar-refractivity contribution is 7.17. The van der Waals surface area contributed by atoms with Crippen LogP contribution in [0, 0.1) is 5.92 Å². The van der Waals surface area contributed by atoms with E-state index in [1.165, 1.54) is 6.08 Å². The summed E-state index contributed by atoms with van der Waals surface area (Å²) >= 11 is 1.60. The molecule has 0 bridgehead atoms. The normalized spacial score (nSPS) is 14.1. The van der Waals surface area contributed by atoms with Crippen LogP contribution in [0.4, 0.5) is 17.5 Å². The summed E-state index contributed by atoms with van der Waals surface area (Å²) in [5.74, 6) is 1.68. The SMILES string of the molecule is C=CC(=O)N1CC(CNc2nc(Nc3cnn(COC)c3)nc3ccsc23)C1. The van der Waals surface area contributed by atoms with E-state index in [1.54, 1.807) is 34.2 Å². The fraction of sp³-hybridized carbons (Fsp3) is 0.333. The molecule has 4 rings (SSSR count). The van der Waals surface area contributed by atoms with Crippen LogP contribution in [-0.2, 0) is 16.3 Å². The van der Waals surface area contributed by atoms with E-state index in [2.05, 4.69) is 32.3 Å². The molecule has 1 amide bonds. The zero-order valence-electron chi connectivity index (χ0n) is 15.5. The maximum Gasteiger partial charge on any atom is 0.245 e. The summed E-state index contributed by atoms with van der Waals surface area (Å²) in [5, 5.41) is 12.8. The van der Waals surface area contributed by atoms with Crippen LogP contribution in [0.5, 0.6) is 0 Å². The molecule has 0 radical (unpaired) electrons. The molecule has 146 valence electrons. The number of anilines is 3. The molecule has 28 heavy (non-hydrogen) atoms. The number of aromatic nitrogens is 4. The second-order valence-electron chi connectivity index (χ2n) is 6.54. The molecular weight excluding hydrogens is 378 g/mol. The Hall–Kier alpha value is -2.98. The lowest BCUT2D eigenvalue weighted by molar-refractivity contribution is -0.131. The van der Waals surface area contributed by atoms with Gasteiger partial charge in [0.25, 0.3) is 0 Å². The van der Waals surface area contributed by atoms with Gasteiger partial charge in [-0.2, -0.15) is 10.1 Å². The lowest BCUT2D eigenvalue weighted by Crippen LogP contribution is -2.51. The van der Waals surface area contributed by atoms with Crippen LogP contribution in [0.25, 0.3) is 10.2 Å². The zero-order valence-corrected chi connectivity index (χ0v) is 16.3. The molecule has 1 fully saturated rings. The number of ether oxygens (including phenoxy) is 1. The van der Waals surface area contributed by atoms with Gasteiger partial charge in [0, 0.05) is 32.7 Å². The van der Waals surface area contributed by atoms with Gasteiger partial charge in [0.05, 0.1) is 28.3 Å². The van der Waals surface area contributed by atoms with Crippen LogP contribution in [0.1, 0.15) is 0 Å². The van der Waals surface area contributed by atoms with Crippen LogP contribution in [0.3, 0.4) is 0 Å². The predicted octanol–water partition coefficient (Wildman–Crippen LogP) is 2.29. The Bertz CT molecular complexity index is 993. The van der Waals surface area contributed by atoms with E-state index in [4.69, 9.17) is 4.74 Å². The number of hydrogen-bond donors (Lipinski definition) is 2. The van der Waals surface area contributed by atoms with Gasteiger partial charge in [-0.15, -0.1) is 11.3 Å². The standard InChI is InChI=1S/C18H21N7O2S/c1-3-15(26)24-8-12(9-24)6-19-17-16-14(4-5-28-16)22-18(23-17)21-13-7-20-25(10-13)11-27-2/h3-5,7,10,12H,1,6,8-9,11H2,2H3,(H2,19,21,22,23). The van der Waals surface area contributed by atoms with E-state index in [-0.39, 0.29) is 5.91 Å². The van der Waals surface area contributed by atoms with E-state index >= 15 is 0 Å². The minimum atomic E-state index is -0.0144. The quantitative estimate of drug-likeness (QED) is 0.561. The summed E-state index contributed by atoms with van der Waals surface area (Å²) in [6.07, 6.45) is 4.89. The maximum atomic E-state index is 11.6. The van der Waals surface area contributed by atoms with Crippen molar-refractivity contribution in [2.75, 3.05) is 37.4 Å². The van der Waals surface area contributed by atoms with E-state index in [0.29, 0.717) is 18.6 Å². The van der Waals surface area contributed by atoms with Crippen molar-refractivity contribution in [3.05, 3.63) is 36.5 Å². The number of carbonyl (C=O) groups excluding carboxylic acids is 1. The van der Waals surface area contributed by atoms with Crippen LogP contribution in [-0.4, -0.2) is 57.3 Å². The molecule has 3 aromatic rings. The number of methoxy groups -OCH3 is 1. The van der Waals surface area contributed by atoms with E-state index in [9.17, 15) is 4.79 Å². The van der Waals surface area contributed by atoms with Gasteiger partial charge in [-0.1, -0.05) is 6.58 Å². The maximum absolute atomic E-state index is 11.6. The Morgan fingerprint density at radius 3 is 3.11 bits per heavy atom. The highest BCUT2D eigenvalue weighted by atomic mass is 32.1. The minimum absolute atomic E-state index is 0.0144. The van der Waals surface area contributed by atoms with Crippen LogP contribution in [0.15, 0.2) is 36.5 Å². The Balaban J connectivity index is 1.45. The molecule has 0 spiro atoms. The molecule has 3 aromatic heterocycles. The number of nitrogens with zero attached hydrogens (tertiary/aromatic N) is 5. The number of thiophene rings is 1. The van der Waals surface area contributed by atoms with Crippen molar-refractivity contribution in [2.24, 2.45) is 5.92 Å². The first-order valence-electron chi connectivity index (χ1n) is 8.85. The molecule has 1 aliphatic heterocycles. The highest BCUT2D eigenvalue weighted by Gasteiger charge is 2.29. The molecule has 9 nitrogen and oxygen atoms in total. The Morgan fingerprint density at radius 2 is 2.32 bits per heavy atom. The van der Waals surface area contributed by atoms with E-state index in [1.807, 2.05) is 17.6 Å². The summed E-state index contributed by atoms with van der Waals surface area (Å²) in [6.45, 7) is 6.12. The number of amides is 1. The Morgan fingerprint density at radius 1 is 1.46 bits per heavy atom. The topological polar surface area (TPSA) is 97.2 Å². The first-order chi connectivity index (χ1) is 13.7. The van der Waals surface area contributed by atoms with Crippen LogP contribution < -0.4 is 10.6 Å². The third kappa shape index (κ3) is 3.82. The fourth-order valence-electron chi connectivity index (χ4n) is 3.05. The predicted molar refractivity (Wildman–Crippen MR) is 109 cm³/mol. The largest absolute Gasteiger partial charge is 0.368 e. The molecule has 0 saturated carbocycles. The molecule has 1 aliphatic rings. The average molecular weight is 399 g/mol. The third-order valence-electron chi connectivity index (χ3n) is 4.46. The van der Waals surface area contributed by atoms with Crippen LogP contribution in [0.2, 0.25) is 0 Å². The molecular formula is C18H21N7O2S. The van der Waals surface area contributed by atoms with Gasteiger partial charge >= 0.3 is 0 Å². The van der Waals surface area contributed by atoms with Crippen molar-refractivity contribution in [1.29, 1.82) is 0 Å². The molecule has 10 heteroatoms. The van der Waals surface area contributed by atoms with Gasteiger partial charge in [-0.05, 0) is 17.5 Å². The van der Waals surface area contributed by atoms with Gasteiger partial charge in [0.2, 0.25) is 11.9 Å². The monoisotopic (exact) mass is 399 g/mol. The van der Waals surface area contributed by atoms with Crippen molar-refractivity contribution in [3.63, 3.8) is 0 Å². The van der Waals surface area contributed by atoms with Gasteiger partial charge in [-0.25, -0.2) is 9.67 Å². The first kappa shape index (κ1) is 18.4. The zero-order chi connectivity index (χ0) is 19.5. The summed E-state index contributed by atoms with van der Waals surface area (Å²) in [7, 11) is 1.62. The minimum Gasteiger partial charge on any atom is -0.368 e. The average Bonchev–Trinajstić information content (AvgIpc) is 3.29. The third-order valence-corrected chi connectivity index (χ3v) is 5.37. The van der Waals surface area contributed by atoms with E-state index < -0.39 is 0 Å². The summed E-state index contributed by atoms with van der Waals surface area (Å²) < 4.78 is 7.75. The number of nitrogens with one attached hydrogen (secondary N) is 2. The molecule has 0 aromatic carbocycles. The summed E-state index contributed by atoms with van der Waals surface area (Å²) in [5.41, 5.74) is 1.67. The molecule has 2 N–H and O–H groups in total. The van der Waals surface area contributed by atoms with Crippen molar-refractivity contribution in [3.8, 4) is 0 Å². The summed E-state index contributed by atoms with van der Waals surface area (Å²) in [4.78, 5) is 22.5. The van der Waals surface area contributed by atoms with Crippen molar-refractivity contribution in [2.45, 2.75) is 6.73 Å².